The summed E-state index contributed by atoms with van der Waals surface area (Å²) in [6, 6.07) is 16.8. The SMILES string of the molecule is O=c1nc(-c2ccc(-c3ccc4cccc(O)c4n3)cc2)[nH]s1. The van der Waals surface area contributed by atoms with Crippen molar-refractivity contribution in [2.75, 3.05) is 0 Å². The normalized spacial score (nSPS) is 11.0. The number of hydrogen-bond donors (Lipinski definition) is 2. The van der Waals surface area contributed by atoms with Crippen LogP contribution >= 0.6 is 11.5 Å². The van der Waals surface area contributed by atoms with Crippen molar-refractivity contribution >= 4 is 22.4 Å². The Morgan fingerprint density at radius 2 is 1.70 bits per heavy atom. The molecule has 2 N–H and O–H groups in total. The standard InChI is InChI=1S/C17H11N3O2S/c21-14-3-1-2-11-8-9-13(18-15(11)14)10-4-6-12(7-5-10)16-19-17(22)23-20-16/h1-9,21H,(H,19,20,22). The van der Waals surface area contributed by atoms with Crippen molar-refractivity contribution in [3.05, 3.63) is 64.3 Å². The Morgan fingerprint density at radius 1 is 0.913 bits per heavy atom. The van der Waals surface area contributed by atoms with Crippen LogP contribution in [0, 0.1) is 0 Å². The summed E-state index contributed by atoms with van der Waals surface area (Å²) in [7, 11) is 0. The van der Waals surface area contributed by atoms with Crippen molar-refractivity contribution in [2.24, 2.45) is 0 Å². The fourth-order valence-electron chi connectivity index (χ4n) is 2.44. The van der Waals surface area contributed by atoms with Gasteiger partial charge in [0.1, 0.15) is 11.3 Å². The molecule has 0 amide bonds. The van der Waals surface area contributed by atoms with Crippen LogP contribution in [0.3, 0.4) is 0 Å². The van der Waals surface area contributed by atoms with Gasteiger partial charge in [0, 0.05) is 28.0 Å². The zero-order valence-electron chi connectivity index (χ0n) is 11.9. The second kappa shape index (κ2) is 5.33. The lowest BCUT2D eigenvalue weighted by Crippen LogP contribution is -1.92. The number of aromatic amines is 1. The summed E-state index contributed by atoms with van der Waals surface area (Å²) in [5.74, 6) is 0.733. The summed E-state index contributed by atoms with van der Waals surface area (Å²) >= 11 is 0.971. The zero-order chi connectivity index (χ0) is 15.8. The Morgan fingerprint density at radius 3 is 2.43 bits per heavy atom. The zero-order valence-corrected chi connectivity index (χ0v) is 12.7. The van der Waals surface area contributed by atoms with E-state index in [0.29, 0.717) is 11.3 Å². The summed E-state index contributed by atoms with van der Waals surface area (Å²) in [5.41, 5.74) is 3.13. The van der Waals surface area contributed by atoms with Crippen LogP contribution in [-0.4, -0.2) is 19.4 Å². The topological polar surface area (TPSA) is 78.9 Å². The molecule has 112 valence electrons. The third-order valence-corrected chi connectivity index (χ3v) is 4.15. The van der Waals surface area contributed by atoms with Crippen molar-refractivity contribution in [1.29, 1.82) is 0 Å². The van der Waals surface area contributed by atoms with E-state index >= 15 is 0 Å². The quantitative estimate of drug-likeness (QED) is 0.593. The molecule has 2 heterocycles. The summed E-state index contributed by atoms with van der Waals surface area (Å²) in [4.78, 5) is 19.3. The first-order valence-corrected chi connectivity index (χ1v) is 7.77. The van der Waals surface area contributed by atoms with E-state index in [-0.39, 0.29) is 10.6 Å². The van der Waals surface area contributed by atoms with Gasteiger partial charge in [-0.2, -0.15) is 4.98 Å². The van der Waals surface area contributed by atoms with Crippen LogP contribution in [0.15, 0.2) is 59.4 Å². The number of nitrogens with one attached hydrogen (secondary N) is 1. The molecule has 0 unspecified atom stereocenters. The Hall–Kier alpha value is -2.99. The number of phenols is 1. The highest BCUT2D eigenvalue weighted by Crippen LogP contribution is 2.27. The number of phenolic OH excluding ortho intramolecular Hbond substituents is 1. The predicted octanol–water partition coefficient (Wildman–Crippen LogP) is 3.42. The average Bonchev–Trinajstić information content (AvgIpc) is 3.02. The molecule has 4 aromatic rings. The van der Waals surface area contributed by atoms with E-state index in [2.05, 4.69) is 14.3 Å². The van der Waals surface area contributed by atoms with Crippen molar-refractivity contribution in [3.63, 3.8) is 0 Å². The predicted molar refractivity (Wildman–Crippen MR) is 90.6 cm³/mol. The van der Waals surface area contributed by atoms with Crippen LogP contribution in [0.5, 0.6) is 5.75 Å². The Balaban J connectivity index is 1.76. The van der Waals surface area contributed by atoms with Gasteiger partial charge in [-0.25, -0.2) is 4.98 Å². The number of H-pyrrole nitrogens is 1. The van der Waals surface area contributed by atoms with Gasteiger partial charge in [-0.3, -0.25) is 9.17 Å². The average molecular weight is 321 g/mol. The molecular formula is C17H11N3O2S. The second-order valence-electron chi connectivity index (χ2n) is 5.05. The number of fused-ring (bicyclic) bond motifs is 1. The Bertz CT molecular complexity index is 1050. The Labute approximate surface area is 135 Å². The third kappa shape index (κ3) is 2.49. The van der Waals surface area contributed by atoms with Gasteiger partial charge in [-0.05, 0) is 12.1 Å². The van der Waals surface area contributed by atoms with Crippen LogP contribution in [0.1, 0.15) is 0 Å². The fraction of sp³-hybridized carbons (Fsp3) is 0. The lowest BCUT2D eigenvalue weighted by Gasteiger charge is -2.05. The third-order valence-electron chi connectivity index (χ3n) is 3.59. The van der Waals surface area contributed by atoms with Crippen molar-refractivity contribution in [2.45, 2.75) is 0 Å². The molecule has 2 aromatic heterocycles. The van der Waals surface area contributed by atoms with Gasteiger partial charge >= 0.3 is 4.87 Å². The minimum absolute atomic E-state index is 0.168. The highest BCUT2D eigenvalue weighted by Gasteiger charge is 2.07. The molecule has 0 aliphatic carbocycles. The largest absolute Gasteiger partial charge is 0.506 e. The van der Waals surface area contributed by atoms with Crippen LogP contribution in [-0.2, 0) is 0 Å². The van der Waals surface area contributed by atoms with Gasteiger partial charge in [0.25, 0.3) is 0 Å². The van der Waals surface area contributed by atoms with E-state index in [1.807, 2.05) is 42.5 Å². The van der Waals surface area contributed by atoms with Gasteiger partial charge in [0.05, 0.1) is 5.69 Å². The van der Waals surface area contributed by atoms with Crippen molar-refractivity contribution in [1.82, 2.24) is 14.3 Å². The summed E-state index contributed by atoms with van der Waals surface area (Å²) in [5, 5.41) is 10.8. The van der Waals surface area contributed by atoms with Crippen LogP contribution in [0.4, 0.5) is 0 Å². The van der Waals surface area contributed by atoms with Gasteiger partial charge < -0.3 is 5.11 Å². The first kappa shape index (κ1) is 13.7. The fourth-order valence-corrected chi connectivity index (χ4v) is 2.93. The highest BCUT2D eigenvalue weighted by molar-refractivity contribution is 7.03. The van der Waals surface area contributed by atoms with Gasteiger partial charge in [0.15, 0.2) is 5.82 Å². The highest BCUT2D eigenvalue weighted by atomic mass is 32.1. The molecule has 0 radical (unpaired) electrons. The van der Waals surface area contributed by atoms with Crippen molar-refractivity contribution < 1.29 is 5.11 Å². The van der Waals surface area contributed by atoms with E-state index in [9.17, 15) is 9.90 Å². The maximum absolute atomic E-state index is 11.2. The van der Waals surface area contributed by atoms with Crippen LogP contribution in [0.25, 0.3) is 33.5 Å². The number of aromatic hydroxyl groups is 1. The summed E-state index contributed by atoms with van der Waals surface area (Å²) in [6.07, 6.45) is 0. The number of pyridine rings is 1. The molecule has 0 fully saturated rings. The monoisotopic (exact) mass is 321 g/mol. The molecule has 0 atom stereocenters. The smallest absolute Gasteiger partial charge is 0.344 e. The minimum Gasteiger partial charge on any atom is -0.506 e. The van der Waals surface area contributed by atoms with E-state index in [4.69, 9.17) is 0 Å². The molecule has 0 saturated heterocycles. The number of para-hydroxylation sites is 1. The minimum atomic E-state index is -0.240. The number of hydrogen-bond acceptors (Lipinski definition) is 5. The first-order chi connectivity index (χ1) is 11.2. The van der Waals surface area contributed by atoms with Gasteiger partial charge in [-0.15, -0.1) is 0 Å². The maximum Gasteiger partial charge on any atom is 0.344 e. The second-order valence-corrected chi connectivity index (χ2v) is 5.81. The molecule has 4 rings (SSSR count). The lowest BCUT2D eigenvalue weighted by molar-refractivity contribution is 0.480. The first-order valence-electron chi connectivity index (χ1n) is 6.96. The molecule has 6 heteroatoms. The summed E-state index contributed by atoms with van der Waals surface area (Å²) < 4.78 is 2.88. The molecule has 2 aromatic carbocycles. The van der Waals surface area contributed by atoms with E-state index in [1.165, 1.54) is 0 Å². The summed E-state index contributed by atoms with van der Waals surface area (Å²) in [6.45, 7) is 0. The molecule has 0 aliphatic rings. The molecule has 23 heavy (non-hydrogen) atoms. The van der Waals surface area contributed by atoms with E-state index in [0.717, 1.165) is 33.7 Å². The molecule has 0 saturated carbocycles. The number of aromatic nitrogens is 3. The number of benzene rings is 2. The molecule has 0 aliphatic heterocycles. The maximum atomic E-state index is 11.2. The lowest BCUT2D eigenvalue weighted by atomic mass is 10.1. The number of nitrogens with zero attached hydrogens (tertiary/aromatic N) is 2. The van der Waals surface area contributed by atoms with E-state index in [1.54, 1.807) is 12.1 Å². The molecule has 0 spiro atoms. The van der Waals surface area contributed by atoms with Crippen LogP contribution < -0.4 is 4.87 Å². The van der Waals surface area contributed by atoms with Crippen molar-refractivity contribution in [3.8, 4) is 28.4 Å². The van der Waals surface area contributed by atoms with E-state index < -0.39 is 0 Å². The number of rotatable bonds is 2. The molecule has 5 nitrogen and oxygen atoms in total. The van der Waals surface area contributed by atoms with Gasteiger partial charge in [0.2, 0.25) is 0 Å². The Kier molecular flexibility index (Phi) is 3.17. The van der Waals surface area contributed by atoms with Gasteiger partial charge in [-0.1, -0.05) is 42.5 Å². The molecular weight excluding hydrogens is 310 g/mol. The van der Waals surface area contributed by atoms with Crippen LogP contribution in [0.2, 0.25) is 0 Å². The molecule has 0 bridgehead atoms.